The summed E-state index contributed by atoms with van der Waals surface area (Å²) in [6, 6.07) is 2.71. The Kier molecular flexibility index (Phi) is 3.47. The molecule has 1 aromatic heterocycles. The maximum absolute atomic E-state index is 13.5. The van der Waals surface area contributed by atoms with Crippen molar-refractivity contribution in [3.63, 3.8) is 0 Å². The fourth-order valence-electron chi connectivity index (χ4n) is 1.63. The molecule has 0 aliphatic carbocycles. The third kappa shape index (κ3) is 2.79. The molecule has 106 valence electrons. The average molecular weight is 286 g/mol. The van der Waals surface area contributed by atoms with Crippen molar-refractivity contribution in [2.24, 2.45) is 5.10 Å². The highest BCUT2D eigenvalue weighted by Gasteiger charge is 2.34. The number of aryl methyl sites for hydroxylation is 1. The van der Waals surface area contributed by atoms with E-state index in [1.807, 2.05) is 0 Å². The SMILES string of the molecule is Cc1cn(N=Cc2c(F)cccc2C(F)(F)F)c(N)n1. The van der Waals surface area contributed by atoms with E-state index < -0.39 is 23.1 Å². The zero-order chi connectivity index (χ0) is 14.9. The van der Waals surface area contributed by atoms with E-state index in [2.05, 4.69) is 10.1 Å². The number of imidazole rings is 1. The fourth-order valence-corrected chi connectivity index (χ4v) is 1.63. The minimum atomic E-state index is -4.67. The lowest BCUT2D eigenvalue weighted by atomic mass is 10.1. The number of nitrogens with zero attached hydrogens (tertiary/aromatic N) is 3. The summed E-state index contributed by atoms with van der Waals surface area (Å²) in [6.07, 6.45) is -2.48. The first kappa shape index (κ1) is 14.0. The summed E-state index contributed by atoms with van der Waals surface area (Å²) >= 11 is 0. The van der Waals surface area contributed by atoms with Gasteiger partial charge in [-0.05, 0) is 19.1 Å². The van der Waals surface area contributed by atoms with Crippen molar-refractivity contribution in [2.75, 3.05) is 5.73 Å². The van der Waals surface area contributed by atoms with Crippen molar-refractivity contribution >= 4 is 12.2 Å². The lowest BCUT2D eigenvalue weighted by molar-refractivity contribution is -0.137. The molecule has 0 unspecified atom stereocenters. The molecule has 0 radical (unpaired) electrons. The van der Waals surface area contributed by atoms with Crippen LogP contribution in [0.25, 0.3) is 0 Å². The topological polar surface area (TPSA) is 56.2 Å². The van der Waals surface area contributed by atoms with Crippen molar-refractivity contribution in [1.29, 1.82) is 0 Å². The predicted molar refractivity (Wildman–Crippen MR) is 65.8 cm³/mol. The molecule has 0 atom stereocenters. The van der Waals surface area contributed by atoms with Gasteiger partial charge in [-0.1, -0.05) is 6.07 Å². The monoisotopic (exact) mass is 286 g/mol. The van der Waals surface area contributed by atoms with Gasteiger partial charge < -0.3 is 5.73 Å². The number of nitrogens with two attached hydrogens (primary N) is 1. The van der Waals surface area contributed by atoms with Gasteiger partial charge in [0.2, 0.25) is 5.95 Å². The molecule has 2 rings (SSSR count). The van der Waals surface area contributed by atoms with Crippen LogP contribution in [0.1, 0.15) is 16.8 Å². The summed E-state index contributed by atoms with van der Waals surface area (Å²) in [5.74, 6) is -1.01. The maximum atomic E-state index is 13.5. The molecule has 1 heterocycles. The quantitative estimate of drug-likeness (QED) is 0.681. The Labute approximate surface area is 111 Å². The molecule has 8 heteroatoms. The van der Waals surface area contributed by atoms with Crippen LogP contribution < -0.4 is 5.73 Å². The molecule has 0 fully saturated rings. The number of nitrogen functional groups attached to an aromatic ring is 1. The summed E-state index contributed by atoms with van der Waals surface area (Å²) < 4.78 is 52.9. The molecule has 20 heavy (non-hydrogen) atoms. The second-order valence-electron chi connectivity index (χ2n) is 4.03. The Hall–Kier alpha value is -2.38. The zero-order valence-corrected chi connectivity index (χ0v) is 10.3. The standard InChI is InChI=1S/C12H10F4N4/c1-7-6-20(11(17)19-7)18-5-8-9(12(14,15)16)3-2-4-10(8)13/h2-6H,1H3,(H2,17,19). The first-order chi connectivity index (χ1) is 9.29. The summed E-state index contributed by atoms with van der Waals surface area (Å²) in [6.45, 7) is 1.65. The Bertz CT molecular complexity index is 658. The van der Waals surface area contributed by atoms with Crippen molar-refractivity contribution in [1.82, 2.24) is 9.66 Å². The second kappa shape index (κ2) is 4.95. The lowest BCUT2D eigenvalue weighted by Gasteiger charge is -2.10. The van der Waals surface area contributed by atoms with Crippen LogP contribution in [0.4, 0.5) is 23.5 Å². The molecule has 0 aliphatic heterocycles. The molecule has 0 spiro atoms. The van der Waals surface area contributed by atoms with Gasteiger partial charge in [0.15, 0.2) is 0 Å². The number of alkyl halides is 3. The minimum absolute atomic E-state index is 0.00338. The molecule has 0 bridgehead atoms. The van der Waals surface area contributed by atoms with Crippen molar-refractivity contribution in [3.8, 4) is 0 Å². The summed E-state index contributed by atoms with van der Waals surface area (Å²) in [5, 5.41) is 3.70. The van der Waals surface area contributed by atoms with E-state index in [4.69, 9.17) is 5.73 Å². The highest BCUT2D eigenvalue weighted by atomic mass is 19.4. The van der Waals surface area contributed by atoms with E-state index in [1.54, 1.807) is 6.92 Å². The normalized spacial score (nSPS) is 12.2. The van der Waals surface area contributed by atoms with E-state index in [1.165, 1.54) is 6.20 Å². The Morgan fingerprint density at radius 1 is 1.35 bits per heavy atom. The second-order valence-corrected chi connectivity index (χ2v) is 4.03. The smallest absolute Gasteiger partial charge is 0.368 e. The highest BCUT2D eigenvalue weighted by Crippen LogP contribution is 2.32. The van der Waals surface area contributed by atoms with Crippen LogP contribution in [0.3, 0.4) is 0 Å². The number of aromatic nitrogens is 2. The molecule has 0 saturated heterocycles. The van der Waals surface area contributed by atoms with E-state index in [0.717, 1.165) is 29.1 Å². The maximum Gasteiger partial charge on any atom is 0.417 e. The number of benzene rings is 1. The fraction of sp³-hybridized carbons (Fsp3) is 0.167. The lowest BCUT2D eigenvalue weighted by Crippen LogP contribution is -2.11. The number of hydrogen-bond donors (Lipinski definition) is 1. The first-order valence-corrected chi connectivity index (χ1v) is 5.50. The average Bonchev–Trinajstić information content (AvgIpc) is 2.65. The van der Waals surface area contributed by atoms with Gasteiger partial charge in [0.25, 0.3) is 0 Å². The number of anilines is 1. The van der Waals surface area contributed by atoms with Crippen LogP contribution in [0.5, 0.6) is 0 Å². The molecule has 0 saturated carbocycles. The summed E-state index contributed by atoms with van der Waals surface area (Å²) in [4.78, 5) is 3.83. The van der Waals surface area contributed by atoms with Crippen LogP contribution in [0, 0.1) is 12.7 Å². The third-order valence-electron chi connectivity index (χ3n) is 2.50. The van der Waals surface area contributed by atoms with Gasteiger partial charge in [-0.2, -0.15) is 18.3 Å². The van der Waals surface area contributed by atoms with Gasteiger partial charge >= 0.3 is 6.18 Å². The molecular weight excluding hydrogens is 276 g/mol. The van der Waals surface area contributed by atoms with E-state index >= 15 is 0 Å². The van der Waals surface area contributed by atoms with Gasteiger partial charge in [-0.3, -0.25) is 0 Å². The molecule has 4 nitrogen and oxygen atoms in total. The Morgan fingerprint density at radius 3 is 2.60 bits per heavy atom. The first-order valence-electron chi connectivity index (χ1n) is 5.50. The van der Waals surface area contributed by atoms with Gasteiger partial charge in [-0.15, -0.1) is 0 Å². The van der Waals surface area contributed by atoms with Crippen LogP contribution in [-0.4, -0.2) is 15.9 Å². The largest absolute Gasteiger partial charge is 0.417 e. The van der Waals surface area contributed by atoms with Gasteiger partial charge in [0.1, 0.15) is 5.82 Å². The molecule has 0 aliphatic rings. The molecule has 0 amide bonds. The Morgan fingerprint density at radius 2 is 2.05 bits per heavy atom. The third-order valence-corrected chi connectivity index (χ3v) is 2.50. The van der Waals surface area contributed by atoms with Crippen molar-refractivity contribution < 1.29 is 17.6 Å². The predicted octanol–water partition coefficient (Wildman–Crippen LogP) is 2.81. The molecule has 1 aromatic carbocycles. The Balaban J connectivity index is 2.46. The molecule has 2 N–H and O–H groups in total. The van der Waals surface area contributed by atoms with Crippen LogP contribution in [-0.2, 0) is 6.18 Å². The zero-order valence-electron chi connectivity index (χ0n) is 10.3. The van der Waals surface area contributed by atoms with Gasteiger partial charge in [0, 0.05) is 5.56 Å². The number of hydrogen-bond acceptors (Lipinski definition) is 3. The van der Waals surface area contributed by atoms with E-state index in [9.17, 15) is 17.6 Å². The molecular formula is C12H10F4N4. The number of rotatable bonds is 2. The van der Waals surface area contributed by atoms with E-state index in [0.29, 0.717) is 5.69 Å². The summed E-state index contributed by atoms with van der Waals surface area (Å²) in [5.41, 5.74) is 4.29. The minimum Gasteiger partial charge on any atom is -0.368 e. The van der Waals surface area contributed by atoms with Crippen molar-refractivity contribution in [2.45, 2.75) is 13.1 Å². The molecule has 2 aromatic rings. The van der Waals surface area contributed by atoms with Gasteiger partial charge in [0.05, 0.1) is 23.7 Å². The van der Waals surface area contributed by atoms with Crippen LogP contribution >= 0.6 is 0 Å². The summed E-state index contributed by atoms with van der Waals surface area (Å²) in [7, 11) is 0. The number of halogens is 4. The van der Waals surface area contributed by atoms with Crippen LogP contribution in [0.2, 0.25) is 0 Å². The van der Waals surface area contributed by atoms with Gasteiger partial charge in [-0.25, -0.2) is 14.1 Å². The van der Waals surface area contributed by atoms with E-state index in [-0.39, 0.29) is 5.95 Å². The van der Waals surface area contributed by atoms with Crippen molar-refractivity contribution in [3.05, 3.63) is 47.0 Å². The highest BCUT2D eigenvalue weighted by molar-refractivity contribution is 5.82. The van der Waals surface area contributed by atoms with Crippen LogP contribution in [0.15, 0.2) is 29.5 Å².